The predicted octanol–water partition coefficient (Wildman–Crippen LogP) is 2.66. The Morgan fingerprint density at radius 3 is 2.55 bits per heavy atom. The van der Waals surface area contributed by atoms with Gasteiger partial charge in [0.05, 0.1) is 19.3 Å². The average Bonchev–Trinajstić information content (AvgIpc) is 3.01. The molecule has 2 heterocycles. The van der Waals surface area contributed by atoms with Crippen LogP contribution in [0.2, 0.25) is 0 Å². The number of rotatable bonds is 2. The van der Waals surface area contributed by atoms with Crippen molar-refractivity contribution in [3.63, 3.8) is 0 Å². The Labute approximate surface area is 132 Å². The van der Waals surface area contributed by atoms with E-state index in [1.807, 2.05) is 29.2 Å². The molecule has 0 N–H and O–H groups in total. The molecule has 5 heteroatoms. The number of carbonyl (C=O) groups is 1. The molecule has 2 fully saturated rings. The number of carbonyl (C=O) groups excluding carboxylic acids is 1. The number of piperidine rings is 1. The van der Waals surface area contributed by atoms with E-state index in [1.54, 1.807) is 0 Å². The van der Waals surface area contributed by atoms with Gasteiger partial charge in [-0.3, -0.25) is 4.79 Å². The lowest BCUT2D eigenvalue weighted by atomic mass is 10.00. The summed E-state index contributed by atoms with van der Waals surface area (Å²) in [5, 5.41) is 0. The Bertz CT molecular complexity index is 471. The summed E-state index contributed by atoms with van der Waals surface area (Å²) in [6, 6.07) is 7.78. The highest BCUT2D eigenvalue weighted by Gasteiger charge is 2.36. The van der Waals surface area contributed by atoms with Crippen LogP contribution in [0.15, 0.2) is 24.3 Å². The maximum absolute atomic E-state index is 12.7. The highest BCUT2D eigenvalue weighted by molar-refractivity contribution is 14.1. The number of hydrogen-bond acceptors (Lipinski definition) is 3. The minimum Gasteiger partial charge on any atom is -0.348 e. The van der Waals surface area contributed by atoms with E-state index in [0.717, 1.165) is 34.9 Å². The molecule has 2 aliphatic rings. The summed E-state index contributed by atoms with van der Waals surface area (Å²) in [6.07, 6.45) is 2.90. The van der Waals surface area contributed by atoms with E-state index in [4.69, 9.17) is 9.47 Å². The molecular formula is C15H18INO3. The highest BCUT2D eigenvalue weighted by atomic mass is 127. The van der Waals surface area contributed by atoms with Crippen molar-refractivity contribution in [3.05, 3.63) is 33.4 Å². The summed E-state index contributed by atoms with van der Waals surface area (Å²) in [5.74, 6) is 0.0881. The maximum atomic E-state index is 12.7. The van der Waals surface area contributed by atoms with Crippen LogP contribution in [0.5, 0.6) is 0 Å². The van der Waals surface area contributed by atoms with Crippen LogP contribution in [0.3, 0.4) is 0 Å². The molecule has 1 unspecified atom stereocenters. The maximum Gasteiger partial charge on any atom is 0.254 e. The number of nitrogens with zero attached hydrogens (tertiary/aromatic N) is 1. The predicted molar refractivity (Wildman–Crippen MR) is 83.5 cm³/mol. The molecule has 2 aliphatic heterocycles. The first-order valence-corrected chi connectivity index (χ1v) is 8.13. The summed E-state index contributed by atoms with van der Waals surface area (Å²) in [6.45, 7) is 2.05. The zero-order chi connectivity index (χ0) is 13.9. The minimum absolute atomic E-state index is 0.0537. The number of benzene rings is 1. The molecule has 1 aromatic carbocycles. The third-order valence-corrected chi connectivity index (χ3v) is 4.58. The van der Waals surface area contributed by atoms with Gasteiger partial charge in [-0.25, -0.2) is 0 Å². The van der Waals surface area contributed by atoms with E-state index >= 15 is 0 Å². The Morgan fingerprint density at radius 1 is 1.15 bits per heavy atom. The molecule has 1 aromatic rings. The number of ether oxygens (including phenoxy) is 2. The van der Waals surface area contributed by atoms with Gasteiger partial charge in [-0.15, -0.1) is 0 Å². The highest BCUT2D eigenvalue weighted by Crippen LogP contribution is 2.26. The van der Waals surface area contributed by atoms with Crippen LogP contribution < -0.4 is 0 Å². The summed E-state index contributed by atoms with van der Waals surface area (Å²) in [5.41, 5.74) is 0.746. The summed E-state index contributed by atoms with van der Waals surface area (Å²) in [4.78, 5) is 14.6. The Kier molecular flexibility index (Phi) is 4.58. The van der Waals surface area contributed by atoms with Gasteiger partial charge in [0, 0.05) is 15.7 Å². The van der Waals surface area contributed by atoms with E-state index in [2.05, 4.69) is 22.6 Å². The zero-order valence-electron chi connectivity index (χ0n) is 11.3. The molecule has 108 valence electrons. The minimum atomic E-state index is -0.247. The van der Waals surface area contributed by atoms with Crippen LogP contribution in [-0.4, -0.2) is 42.9 Å². The molecule has 0 spiro atoms. The molecule has 1 amide bonds. The van der Waals surface area contributed by atoms with Gasteiger partial charge < -0.3 is 14.4 Å². The second-order valence-electron chi connectivity index (χ2n) is 5.18. The van der Waals surface area contributed by atoms with Crippen LogP contribution in [0.1, 0.15) is 29.6 Å². The first-order valence-electron chi connectivity index (χ1n) is 7.05. The monoisotopic (exact) mass is 387 g/mol. The van der Waals surface area contributed by atoms with Crippen LogP contribution in [0, 0.1) is 3.57 Å². The number of amides is 1. The molecule has 0 aliphatic carbocycles. The van der Waals surface area contributed by atoms with Crippen LogP contribution in [0.4, 0.5) is 0 Å². The van der Waals surface area contributed by atoms with E-state index in [1.165, 1.54) is 0 Å². The molecule has 0 bridgehead atoms. The fourth-order valence-electron chi connectivity index (χ4n) is 2.85. The third-order valence-electron chi connectivity index (χ3n) is 3.86. The topological polar surface area (TPSA) is 38.8 Å². The number of hydrogen-bond donors (Lipinski definition) is 0. The third kappa shape index (κ3) is 2.99. The smallest absolute Gasteiger partial charge is 0.254 e. The summed E-state index contributed by atoms with van der Waals surface area (Å²) in [7, 11) is 0. The lowest BCUT2D eigenvalue weighted by Crippen LogP contribution is -2.50. The summed E-state index contributed by atoms with van der Waals surface area (Å²) >= 11 is 2.24. The standard InChI is InChI=1S/C15H18INO3/c16-12-6-4-11(5-7-12)14(18)17-8-2-1-3-13(17)15-19-9-10-20-15/h4-7,13,15H,1-3,8-10H2. The van der Waals surface area contributed by atoms with Gasteiger partial charge in [-0.1, -0.05) is 0 Å². The number of likely N-dealkylation sites (tertiary alicyclic amines) is 1. The molecule has 3 rings (SSSR count). The van der Waals surface area contributed by atoms with Gasteiger partial charge in [0.1, 0.15) is 0 Å². The SMILES string of the molecule is O=C(c1ccc(I)cc1)N1CCCCC1C1OCCO1. The summed E-state index contributed by atoms with van der Waals surface area (Å²) < 4.78 is 12.4. The van der Waals surface area contributed by atoms with Gasteiger partial charge >= 0.3 is 0 Å². The Balaban J connectivity index is 1.78. The van der Waals surface area contributed by atoms with Gasteiger partial charge in [-0.2, -0.15) is 0 Å². The average molecular weight is 387 g/mol. The fraction of sp³-hybridized carbons (Fsp3) is 0.533. The van der Waals surface area contributed by atoms with Gasteiger partial charge in [-0.05, 0) is 66.1 Å². The second-order valence-corrected chi connectivity index (χ2v) is 6.42. The fourth-order valence-corrected chi connectivity index (χ4v) is 3.21. The lowest BCUT2D eigenvalue weighted by Gasteiger charge is -2.38. The first kappa shape index (κ1) is 14.3. The first-order chi connectivity index (χ1) is 9.75. The normalized spacial score (nSPS) is 24.1. The zero-order valence-corrected chi connectivity index (χ0v) is 13.4. The molecular weight excluding hydrogens is 369 g/mol. The van der Waals surface area contributed by atoms with Crippen molar-refractivity contribution in [3.8, 4) is 0 Å². The van der Waals surface area contributed by atoms with Gasteiger partial charge in [0.25, 0.3) is 5.91 Å². The van der Waals surface area contributed by atoms with Crippen molar-refractivity contribution in [1.82, 2.24) is 4.90 Å². The van der Waals surface area contributed by atoms with Crippen molar-refractivity contribution in [2.45, 2.75) is 31.6 Å². The molecule has 4 nitrogen and oxygen atoms in total. The molecule has 1 atom stereocenters. The Hall–Kier alpha value is -0.660. The quantitative estimate of drug-likeness (QED) is 0.733. The van der Waals surface area contributed by atoms with Crippen LogP contribution >= 0.6 is 22.6 Å². The van der Waals surface area contributed by atoms with E-state index in [-0.39, 0.29) is 18.2 Å². The van der Waals surface area contributed by atoms with E-state index < -0.39 is 0 Å². The lowest BCUT2D eigenvalue weighted by molar-refractivity contribution is -0.100. The van der Waals surface area contributed by atoms with Crippen molar-refractivity contribution in [2.24, 2.45) is 0 Å². The number of halogens is 1. The van der Waals surface area contributed by atoms with Crippen LogP contribution in [-0.2, 0) is 9.47 Å². The van der Waals surface area contributed by atoms with Crippen molar-refractivity contribution in [2.75, 3.05) is 19.8 Å². The molecule has 0 aromatic heterocycles. The van der Waals surface area contributed by atoms with Gasteiger partial charge in [0.2, 0.25) is 0 Å². The largest absolute Gasteiger partial charge is 0.348 e. The van der Waals surface area contributed by atoms with Gasteiger partial charge in [0.15, 0.2) is 6.29 Å². The molecule has 20 heavy (non-hydrogen) atoms. The molecule has 2 saturated heterocycles. The second kappa shape index (κ2) is 6.41. The van der Waals surface area contributed by atoms with E-state index in [9.17, 15) is 4.79 Å². The van der Waals surface area contributed by atoms with Crippen molar-refractivity contribution >= 4 is 28.5 Å². The van der Waals surface area contributed by atoms with Crippen molar-refractivity contribution < 1.29 is 14.3 Å². The van der Waals surface area contributed by atoms with Crippen molar-refractivity contribution in [1.29, 1.82) is 0 Å². The Morgan fingerprint density at radius 2 is 1.85 bits per heavy atom. The molecule has 0 saturated carbocycles. The van der Waals surface area contributed by atoms with Crippen LogP contribution in [0.25, 0.3) is 0 Å². The van der Waals surface area contributed by atoms with E-state index in [0.29, 0.717) is 13.2 Å². The molecule has 0 radical (unpaired) electrons.